The summed E-state index contributed by atoms with van der Waals surface area (Å²) in [5.41, 5.74) is -0.0246. The van der Waals surface area contributed by atoms with Crippen molar-refractivity contribution in [3.05, 3.63) is 28.3 Å². The molecule has 1 rings (SSSR count). The zero-order chi connectivity index (χ0) is 10.6. The van der Waals surface area contributed by atoms with E-state index in [1.165, 1.54) is 6.07 Å². The summed E-state index contributed by atoms with van der Waals surface area (Å²) in [4.78, 5) is 10.6. The van der Waals surface area contributed by atoms with Crippen molar-refractivity contribution in [3.8, 4) is 5.75 Å². The first-order valence-electron chi connectivity index (χ1n) is 3.97. The van der Waals surface area contributed by atoms with E-state index in [1.807, 2.05) is 6.92 Å². The van der Waals surface area contributed by atoms with E-state index in [4.69, 9.17) is 9.88 Å². The van der Waals surface area contributed by atoms with Gasteiger partial charge in [0.2, 0.25) is 0 Å². The molecule has 2 N–H and O–H groups in total. The summed E-state index contributed by atoms with van der Waals surface area (Å²) in [5.74, 6) is 0.483. The molecule has 1 aromatic carbocycles. The third-order valence-corrected chi connectivity index (χ3v) is 2.16. The highest BCUT2D eigenvalue weighted by atomic mass is 32.2. The molecule has 0 saturated heterocycles. The molecule has 0 aliphatic heterocycles. The Morgan fingerprint density at radius 3 is 2.86 bits per heavy atom. The van der Waals surface area contributed by atoms with Crippen LogP contribution in [0.4, 0.5) is 5.69 Å². The van der Waals surface area contributed by atoms with Crippen LogP contribution in [-0.4, -0.2) is 11.5 Å². The van der Waals surface area contributed by atoms with Gasteiger partial charge >= 0.3 is 0 Å². The van der Waals surface area contributed by atoms with Gasteiger partial charge in [-0.05, 0) is 31.0 Å². The molecule has 5 nitrogen and oxygen atoms in total. The zero-order valence-corrected chi connectivity index (χ0v) is 8.41. The smallest absolute Gasteiger partial charge is 0.287 e. The van der Waals surface area contributed by atoms with Crippen molar-refractivity contribution in [1.82, 2.24) is 0 Å². The Hall–Kier alpha value is -1.27. The van der Waals surface area contributed by atoms with E-state index < -0.39 is 4.92 Å². The third-order valence-electron chi connectivity index (χ3n) is 1.57. The number of rotatable bonds is 4. The fraction of sp³-hybridized carbons (Fsp3) is 0.250. The van der Waals surface area contributed by atoms with Crippen LogP contribution in [0.5, 0.6) is 5.75 Å². The summed E-state index contributed by atoms with van der Waals surface area (Å²) in [7, 11) is 0. The number of benzene rings is 1. The maximum absolute atomic E-state index is 10.6. The van der Waals surface area contributed by atoms with Crippen molar-refractivity contribution in [2.75, 3.05) is 6.61 Å². The summed E-state index contributed by atoms with van der Waals surface area (Å²) < 4.78 is 5.14. The largest absolute Gasteiger partial charge is 0.494 e. The topological polar surface area (TPSA) is 78.4 Å². The normalized spacial score (nSPS) is 9.86. The SMILES string of the molecule is CCOc1ccc(SN)c([N+](=O)[O-])c1. The molecule has 6 heteroatoms. The second kappa shape index (κ2) is 4.83. The molecule has 0 fully saturated rings. The lowest BCUT2D eigenvalue weighted by molar-refractivity contribution is -0.387. The van der Waals surface area contributed by atoms with Crippen molar-refractivity contribution in [1.29, 1.82) is 0 Å². The summed E-state index contributed by atoms with van der Waals surface area (Å²) in [5, 5.41) is 15.9. The molecule has 0 aromatic heterocycles. The maximum Gasteiger partial charge on any atom is 0.287 e. The highest BCUT2D eigenvalue weighted by Crippen LogP contribution is 2.29. The lowest BCUT2D eigenvalue weighted by atomic mass is 10.3. The van der Waals surface area contributed by atoms with Gasteiger partial charge in [0.25, 0.3) is 5.69 Å². The second-order valence-corrected chi connectivity index (χ2v) is 3.11. The Bertz CT molecular complexity index is 343. The molecule has 76 valence electrons. The van der Waals surface area contributed by atoms with Crippen molar-refractivity contribution in [3.63, 3.8) is 0 Å². The Morgan fingerprint density at radius 2 is 2.36 bits per heavy atom. The van der Waals surface area contributed by atoms with E-state index in [0.29, 0.717) is 17.3 Å². The monoisotopic (exact) mass is 214 g/mol. The highest BCUT2D eigenvalue weighted by molar-refractivity contribution is 7.97. The molecule has 0 unspecified atom stereocenters. The van der Waals surface area contributed by atoms with Crippen molar-refractivity contribution in [2.24, 2.45) is 5.14 Å². The van der Waals surface area contributed by atoms with Crippen LogP contribution in [0.1, 0.15) is 6.92 Å². The van der Waals surface area contributed by atoms with E-state index in [1.54, 1.807) is 12.1 Å². The molecule has 0 radical (unpaired) electrons. The van der Waals surface area contributed by atoms with Crippen molar-refractivity contribution >= 4 is 17.6 Å². The average molecular weight is 214 g/mol. The average Bonchev–Trinajstić information content (AvgIpc) is 2.18. The van der Waals surface area contributed by atoms with E-state index in [-0.39, 0.29) is 5.69 Å². The van der Waals surface area contributed by atoms with E-state index in [9.17, 15) is 10.1 Å². The van der Waals surface area contributed by atoms with Crippen LogP contribution in [-0.2, 0) is 0 Å². The predicted octanol–water partition coefficient (Wildman–Crippen LogP) is 1.96. The van der Waals surface area contributed by atoms with Gasteiger partial charge in [-0.3, -0.25) is 15.3 Å². The minimum Gasteiger partial charge on any atom is -0.494 e. The highest BCUT2D eigenvalue weighted by Gasteiger charge is 2.14. The zero-order valence-electron chi connectivity index (χ0n) is 7.60. The molecule has 0 aliphatic carbocycles. The predicted molar refractivity (Wildman–Crippen MR) is 54.3 cm³/mol. The number of nitro groups is 1. The fourth-order valence-electron chi connectivity index (χ4n) is 0.996. The fourth-order valence-corrected chi connectivity index (χ4v) is 1.40. The second-order valence-electron chi connectivity index (χ2n) is 2.44. The van der Waals surface area contributed by atoms with Crippen LogP contribution >= 0.6 is 11.9 Å². The first-order valence-corrected chi connectivity index (χ1v) is 4.85. The molecule has 0 spiro atoms. The number of nitro benzene ring substituents is 1. The molecular weight excluding hydrogens is 204 g/mol. The van der Waals surface area contributed by atoms with Gasteiger partial charge in [-0.2, -0.15) is 0 Å². The van der Waals surface area contributed by atoms with Crippen LogP contribution in [0.3, 0.4) is 0 Å². The molecule has 0 bridgehead atoms. The van der Waals surface area contributed by atoms with Gasteiger partial charge in [-0.15, -0.1) is 0 Å². The minimum absolute atomic E-state index is 0.0246. The molecule has 0 aliphatic rings. The van der Waals surface area contributed by atoms with Gasteiger partial charge in [0.15, 0.2) is 0 Å². The molecular formula is C8H10N2O3S. The van der Waals surface area contributed by atoms with E-state index >= 15 is 0 Å². The van der Waals surface area contributed by atoms with Crippen LogP contribution in [0, 0.1) is 10.1 Å². The number of hydrogen-bond donors (Lipinski definition) is 1. The summed E-state index contributed by atoms with van der Waals surface area (Å²) >= 11 is 0.853. The number of hydrogen-bond acceptors (Lipinski definition) is 5. The van der Waals surface area contributed by atoms with Crippen LogP contribution in [0.2, 0.25) is 0 Å². The van der Waals surface area contributed by atoms with Crippen LogP contribution in [0.25, 0.3) is 0 Å². The van der Waals surface area contributed by atoms with Gasteiger partial charge < -0.3 is 4.74 Å². The standard InChI is InChI=1S/C8H10N2O3S/c1-2-13-6-3-4-8(14-9)7(5-6)10(11)12/h3-5H,2,9H2,1H3. The van der Waals surface area contributed by atoms with E-state index in [0.717, 1.165) is 11.9 Å². The Balaban J connectivity index is 3.07. The van der Waals surface area contributed by atoms with Gasteiger partial charge in [-0.1, -0.05) is 0 Å². The van der Waals surface area contributed by atoms with Gasteiger partial charge in [-0.25, -0.2) is 0 Å². The quantitative estimate of drug-likeness (QED) is 0.471. The number of nitrogens with two attached hydrogens (primary N) is 1. The van der Waals surface area contributed by atoms with Crippen molar-refractivity contribution in [2.45, 2.75) is 11.8 Å². The summed E-state index contributed by atoms with van der Waals surface area (Å²) in [6.45, 7) is 2.30. The molecule has 0 amide bonds. The minimum atomic E-state index is -0.474. The number of nitrogens with zero attached hydrogens (tertiary/aromatic N) is 1. The molecule has 0 atom stereocenters. The Kier molecular flexibility index (Phi) is 3.73. The van der Waals surface area contributed by atoms with Gasteiger partial charge in [0.05, 0.1) is 17.6 Å². The Morgan fingerprint density at radius 1 is 1.64 bits per heavy atom. The third kappa shape index (κ3) is 2.36. The lowest BCUT2D eigenvalue weighted by Crippen LogP contribution is -1.96. The number of ether oxygens (including phenoxy) is 1. The van der Waals surface area contributed by atoms with Crippen LogP contribution < -0.4 is 9.88 Å². The van der Waals surface area contributed by atoms with Gasteiger partial charge in [0.1, 0.15) is 10.6 Å². The Labute approximate surface area is 85.5 Å². The first kappa shape index (κ1) is 10.8. The summed E-state index contributed by atoms with van der Waals surface area (Å²) in [6, 6.07) is 4.61. The maximum atomic E-state index is 10.6. The molecule has 1 aromatic rings. The van der Waals surface area contributed by atoms with E-state index in [2.05, 4.69) is 0 Å². The van der Waals surface area contributed by atoms with Crippen molar-refractivity contribution < 1.29 is 9.66 Å². The molecule has 14 heavy (non-hydrogen) atoms. The first-order chi connectivity index (χ1) is 6.69. The van der Waals surface area contributed by atoms with Crippen LogP contribution in [0.15, 0.2) is 23.1 Å². The summed E-state index contributed by atoms with van der Waals surface area (Å²) in [6.07, 6.45) is 0. The molecule has 0 saturated carbocycles. The lowest BCUT2D eigenvalue weighted by Gasteiger charge is -2.04. The van der Waals surface area contributed by atoms with Gasteiger partial charge in [0, 0.05) is 0 Å². The molecule has 0 heterocycles.